The van der Waals surface area contributed by atoms with Crippen molar-refractivity contribution in [2.24, 2.45) is 5.92 Å². The van der Waals surface area contributed by atoms with Crippen LogP contribution in [0, 0.1) is 12.8 Å². The fourth-order valence-corrected chi connectivity index (χ4v) is 2.71. The van der Waals surface area contributed by atoms with Gasteiger partial charge in [0.15, 0.2) is 0 Å². The Bertz CT molecular complexity index is 624. The van der Waals surface area contributed by atoms with E-state index >= 15 is 0 Å². The highest BCUT2D eigenvalue weighted by atomic mass is 16.1. The molecule has 18 heavy (non-hydrogen) atoms. The fraction of sp³-hybridized carbons (Fsp3) is 0.400. The molecule has 1 saturated heterocycles. The van der Waals surface area contributed by atoms with E-state index in [1.807, 2.05) is 19.1 Å². The number of fused-ring (bicyclic) bond motifs is 1. The van der Waals surface area contributed by atoms with Gasteiger partial charge in [-0.1, -0.05) is 12.1 Å². The van der Waals surface area contributed by atoms with Crippen molar-refractivity contribution in [3.05, 3.63) is 45.7 Å². The van der Waals surface area contributed by atoms with E-state index in [-0.39, 0.29) is 5.56 Å². The molecular weight excluding hydrogens is 224 g/mol. The molecule has 2 heterocycles. The van der Waals surface area contributed by atoms with Crippen molar-refractivity contribution in [1.82, 2.24) is 10.3 Å². The first-order chi connectivity index (χ1) is 8.72. The van der Waals surface area contributed by atoms with Gasteiger partial charge in [-0.2, -0.15) is 0 Å². The van der Waals surface area contributed by atoms with Gasteiger partial charge in [0.1, 0.15) is 0 Å². The molecule has 1 unspecified atom stereocenters. The Balaban J connectivity index is 1.99. The van der Waals surface area contributed by atoms with Crippen molar-refractivity contribution >= 4 is 10.9 Å². The summed E-state index contributed by atoms with van der Waals surface area (Å²) in [6.45, 7) is 4.15. The number of nitrogens with one attached hydrogen (secondary N) is 2. The van der Waals surface area contributed by atoms with Crippen molar-refractivity contribution in [3.63, 3.8) is 0 Å². The Kier molecular flexibility index (Phi) is 2.92. The van der Waals surface area contributed by atoms with Gasteiger partial charge in [0.05, 0.1) is 0 Å². The molecule has 0 bridgehead atoms. The Morgan fingerprint density at radius 1 is 1.33 bits per heavy atom. The maximum atomic E-state index is 12.1. The summed E-state index contributed by atoms with van der Waals surface area (Å²) in [5.74, 6) is 0.606. The summed E-state index contributed by atoms with van der Waals surface area (Å²) in [6, 6.07) is 8.24. The first kappa shape index (κ1) is 11.5. The summed E-state index contributed by atoms with van der Waals surface area (Å²) in [5.41, 5.74) is 3.10. The van der Waals surface area contributed by atoms with Crippen molar-refractivity contribution in [1.29, 1.82) is 0 Å². The lowest BCUT2D eigenvalue weighted by molar-refractivity contribution is 0.577. The molecule has 0 amide bonds. The van der Waals surface area contributed by atoms with E-state index in [0.29, 0.717) is 5.92 Å². The number of H-pyrrole nitrogens is 1. The van der Waals surface area contributed by atoms with Crippen molar-refractivity contribution in [3.8, 4) is 0 Å². The van der Waals surface area contributed by atoms with Crippen LogP contribution < -0.4 is 10.9 Å². The number of pyridine rings is 1. The first-order valence-electron chi connectivity index (χ1n) is 6.55. The predicted molar refractivity (Wildman–Crippen MR) is 74.0 cm³/mol. The Morgan fingerprint density at radius 2 is 2.22 bits per heavy atom. The maximum Gasteiger partial charge on any atom is 0.251 e. The summed E-state index contributed by atoms with van der Waals surface area (Å²) < 4.78 is 0. The van der Waals surface area contributed by atoms with Crippen LogP contribution in [0.25, 0.3) is 10.9 Å². The quantitative estimate of drug-likeness (QED) is 0.846. The lowest BCUT2D eigenvalue weighted by Gasteiger charge is -2.08. The first-order valence-corrected chi connectivity index (χ1v) is 6.55. The van der Waals surface area contributed by atoms with Crippen molar-refractivity contribution in [2.75, 3.05) is 13.1 Å². The van der Waals surface area contributed by atoms with E-state index in [2.05, 4.69) is 22.4 Å². The van der Waals surface area contributed by atoms with Gasteiger partial charge in [0, 0.05) is 11.1 Å². The van der Waals surface area contributed by atoms with Crippen LogP contribution in [0.1, 0.15) is 17.5 Å². The van der Waals surface area contributed by atoms with Crippen LogP contribution in [-0.2, 0) is 6.42 Å². The second-order valence-electron chi connectivity index (χ2n) is 5.28. The molecule has 1 aromatic carbocycles. The van der Waals surface area contributed by atoms with Crippen LogP contribution >= 0.6 is 0 Å². The van der Waals surface area contributed by atoms with E-state index in [1.165, 1.54) is 12.0 Å². The molecule has 0 saturated carbocycles. The SMILES string of the molecule is Cc1ccc2cc(CC3CCNC3)c(=O)[nH]c2c1. The normalized spacial score (nSPS) is 19.5. The fourth-order valence-electron chi connectivity index (χ4n) is 2.71. The topological polar surface area (TPSA) is 44.9 Å². The van der Waals surface area contributed by atoms with Gasteiger partial charge < -0.3 is 10.3 Å². The average molecular weight is 242 g/mol. The largest absolute Gasteiger partial charge is 0.322 e. The third kappa shape index (κ3) is 2.18. The number of rotatable bonds is 2. The molecule has 1 atom stereocenters. The standard InChI is InChI=1S/C15H18N2O/c1-10-2-3-12-8-13(7-11-4-5-16-9-11)15(18)17-14(12)6-10/h2-3,6,8,11,16H,4-5,7,9H2,1H3,(H,17,18). The van der Waals surface area contributed by atoms with E-state index in [9.17, 15) is 4.79 Å². The monoisotopic (exact) mass is 242 g/mol. The highest BCUT2D eigenvalue weighted by molar-refractivity contribution is 5.79. The van der Waals surface area contributed by atoms with E-state index in [0.717, 1.165) is 36.0 Å². The van der Waals surface area contributed by atoms with Crippen LogP contribution in [0.3, 0.4) is 0 Å². The summed E-state index contributed by atoms with van der Waals surface area (Å²) in [6.07, 6.45) is 2.05. The predicted octanol–water partition coefficient (Wildman–Crippen LogP) is 1.99. The third-order valence-corrected chi connectivity index (χ3v) is 3.75. The van der Waals surface area contributed by atoms with E-state index < -0.39 is 0 Å². The molecule has 2 aromatic rings. The number of aryl methyl sites for hydroxylation is 1. The molecule has 94 valence electrons. The van der Waals surface area contributed by atoms with E-state index in [4.69, 9.17) is 0 Å². The highest BCUT2D eigenvalue weighted by Crippen LogP contribution is 2.17. The number of aromatic nitrogens is 1. The molecule has 1 fully saturated rings. The number of hydrogen-bond donors (Lipinski definition) is 2. The van der Waals surface area contributed by atoms with Gasteiger partial charge in [0.25, 0.3) is 5.56 Å². The van der Waals surface area contributed by atoms with Gasteiger partial charge in [0.2, 0.25) is 0 Å². The third-order valence-electron chi connectivity index (χ3n) is 3.75. The molecule has 1 aliphatic rings. The van der Waals surface area contributed by atoms with Crippen molar-refractivity contribution < 1.29 is 0 Å². The summed E-state index contributed by atoms with van der Waals surface area (Å²) in [4.78, 5) is 15.1. The highest BCUT2D eigenvalue weighted by Gasteiger charge is 2.16. The molecule has 1 aliphatic heterocycles. The Morgan fingerprint density at radius 3 is 3.00 bits per heavy atom. The van der Waals surface area contributed by atoms with E-state index in [1.54, 1.807) is 0 Å². The minimum absolute atomic E-state index is 0.0694. The summed E-state index contributed by atoms with van der Waals surface area (Å²) in [5, 5.41) is 4.47. The summed E-state index contributed by atoms with van der Waals surface area (Å²) >= 11 is 0. The Labute approximate surface area is 106 Å². The lowest BCUT2D eigenvalue weighted by atomic mass is 9.98. The molecule has 0 aliphatic carbocycles. The van der Waals surface area contributed by atoms with Crippen LogP contribution in [0.15, 0.2) is 29.1 Å². The Hall–Kier alpha value is -1.61. The number of hydrogen-bond acceptors (Lipinski definition) is 2. The lowest BCUT2D eigenvalue weighted by Crippen LogP contribution is -2.18. The van der Waals surface area contributed by atoms with Gasteiger partial charge >= 0.3 is 0 Å². The van der Waals surface area contributed by atoms with Crippen molar-refractivity contribution in [2.45, 2.75) is 19.8 Å². The number of benzene rings is 1. The minimum Gasteiger partial charge on any atom is -0.322 e. The smallest absolute Gasteiger partial charge is 0.251 e. The second kappa shape index (κ2) is 4.58. The van der Waals surface area contributed by atoms with Gasteiger partial charge in [-0.05, 0) is 61.9 Å². The molecule has 3 heteroatoms. The van der Waals surface area contributed by atoms with Gasteiger partial charge in [-0.3, -0.25) is 4.79 Å². The van der Waals surface area contributed by atoms with Gasteiger partial charge in [-0.25, -0.2) is 0 Å². The molecule has 0 spiro atoms. The maximum absolute atomic E-state index is 12.1. The molecule has 0 radical (unpaired) electrons. The molecule has 1 aromatic heterocycles. The average Bonchev–Trinajstić information content (AvgIpc) is 2.83. The van der Waals surface area contributed by atoms with Crippen LogP contribution in [0.2, 0.25) is 0 Å². The molecule has 3 rings (SSSR count). The number of aromatic amines is 1. The zero-order valence-corrected chi connectivity index (χ0v) is 10.6. The van der Waals surface area contributed by atoms with Crippen LogP contribution in [-0.4, -0.2) is 18.1 Å². The molecular formula is C15H18N2O. The second-order valence-corrected chi connectivity index (χ2v) is 5.28. The summed E-state index contributed by atoms with van der Waals surface area (Å²) in [7, 11) is 0. The van der Waals surface area contributed by atoms with Gasteiger partial charge in [-0.15, -0.1) is 0 Å². The van der Waals surface area contributed by atoms with Crippen LogP contribution in [0.5, 0.6) is 0 Å². The van der Waals surface area contributed by atoms with Crippen LogP contribution in [0.4, 0.5) is 0 Å². The molecule has 2 N–H and O–H groups in total. The minimum atomic E-state index is 0.0694. The molecule has 3 nitrogen and oxygen atoms in total. The zero-order valence-electron chi connectivity index (χ0n) is 10.6. The zero-order chi connectivity index (χ0) is 12.5.